The molecule has 0 aromatic heterocycles. The Bertz CT molecular complexity index is 890. The summed E-state index contributed by atoms with van der Waals surface area (Å²) in [5.74, 6) is 0.405. The van der Waals surface area contributed by atoms with E-state index in [1.165, 1.54) is 5.56 Å². The second-order valence-electron chi connectivity index (χ2n) is 7.06. The molecule has 3 aromatic carbocycles. The number of hydrogen-bond acceptors (Lipinski definition) is 3. The van der Waals surface area contributed by atoms with Gasteiger partial charge in [0.05, 0.1) is 5.60 Å². The molecule has 0 saturated heterocycles. The van der Waals surface area contributed by atoms with Gasteiger partial charge in [0.15, 0.2) is 6.61 Å². The average molecular weight is 363 g/mol. The van der Waals surface area contributed by atoms with Gasteiger partial charge in [-0.15, -0.1) is 0 Å². The summed E-state index contributed by atoms with van der Waals surface area (Å²) in [5.41, 5.74) is 0.206. The Morgan fingerprint density at radius 2 is 1.70 bits per heavy atom. The van der Waals surface area contributed by atoms with Gasteiger partial charge in [0.1, 0.15) is 5.75 Å². The van der Waals surface area contributed by atoms with Crippen LogP contribution in [0.4, 0.5) is 0 Å². The molecule has 0 spiro atoms. The van der Waals surface area contributed by atoms with Crippen molar-refractivity contribution in [3.8, 4) is 5.75 Å². The summed E-state index contributed by atoms with van der Waals surface area (Å²) in [6.07, 6.45) is 1.33. The highest BCUT2D eigenvalue weighted by Gasteiger charge is 2.21. The molecule has 1 amide bonds. The minimum atomic E-state index is -0.964. The molecule has 2 N–H and O–H groups in total. The van der Waals surface area contributed by atoms with Gasteiger partial charge in [0.25, 0.3) is 5.91 Å². The van der Waals surface area contributed by atoms with Gasteiger partial charge in [-0.05, 0) is 48.2 Å². The molecule has 0 bridgehead atoms. The minimum Gasteiger partial charge on any atom is -0.484 e. The first-order valence-electron chi connectivity index (χ1n) is 9.16. The molecule has 0 fully saturated rings. The van der Waals surface area contributed by atoms with Crippen LogP contribution in [-0.4, -0.2) is 29.8 Å². The number of ether oxygens (including phenoxy) is 1. The first kappa shape index (κ1) is 18.9. The van der Waals surface area contributed by atoms with Gasteiger partial charge in [0.2, 0.25) is 0 Å². The number of benzene rings is 3. The van der Waals surface area contributed by atoms with Crippen LogP contribution in [-0.2, 0) is 11.2 Å². The maximum Gasteiger partial charge on any atom is 0.258 e. The van der Waals surface area contributed by atoms with Crippen molar-refractivity contribution in [3.05, 3.63) is 78.4 Å². The molecule has 3 rings (SSSR count). The van der Waals surface area contributed by atoms with Crippen molar-refractivity contribution >= 4 is 16.7 Å². The molecular formula is C23H25NO3. The molecule has 0 aliphatic heterocycles. The van der Waals surface area contributed by atoms with E-state index in [0.29, 0.717) is 12.2 Å². The topological polar surface area (TPSA) is 58.6 Å². The van der Waals surface area contributed by atoms with E-state index in [0.717, 1.165) is 17.2 Å². The monoisotopic (exact) mass is 363 g/mol. The van der Waals surface area contributed by atoms with Crippen molar-refractivity contribution in [2.45, 2.75) is 25.4 Å². The predicted molar refractivity (Wildman–Crippen MR) is 108 cm³/mol. The highest BCUT2D eigenvalue weighted by molar-refractivity contribution is 5.84. The Morgan fingerprint density at radius 1 is 1.00 bits per heavy atom. The normalized spacial score (nSPS) is 13.1. The van der Waals surface area contributed by atoms with Crippen LogP contribution in [0.2, 0.25) is 0 Å². The molecule has 3 aromatic rings. The lowest BCUT2D eigenvalue weighted by molar-refractivity contribution is -0.124. The molecule has 0 saturated carbocycles. The van der Waals surface area contributed by atoms with Crippen LogP contribution in [0.1, 0.15) is 18.9 Å². The molecule has 140 valence electrons. The number of amides is 1. The van der Waals surface area contributed by atoms with E-state index in [-0.39, 0.29) is 19.1 Å². The Kier molecular flexibility index (Phi) is 6.09. The molecular weight excluding hydrogens is 338 g/mol. The van der Waals surface area contributed by atoms with Crippen LogP contribution >= 0.6 is 0 Å². The van der Waals surface area contributed by atoms with E-state index in [4.69, 9.17) is 4.74 Å². The van der Waals surface area contributed by atoms with Gasteiger partial charge in [-0.1, -0.05) is 60.7 Å². The third-order valence-electron chi connectivity index (χ3n) is 4.55. The first-order valence-corrected chi connectivity index (χ1v) is 9.16. The third kappa shape index (κ3) is 5.83. The quantitative estimate of drug-likeness (QED) is 0.641. The molecule has 0 radical (unpaired) electrons. The standard InChI is InChI=1S/C23H25NO3/c1-23(26,14-13-18-7-3-2-4-8-18)17-24-22(25)16-27-21-12-11-19-9-5-6-10-20(19)15-21/h2-12,15,26H,13-14,16-17H2,1H3,(H,24,25). The highest BCUT2D eigenvalue weighted by Crippen LogP contribution is 2.20. The number of nitrogens with one attached hydrogen (secondary N) is 1. The van der Waals surface area contributed by atoms with Crippen LogP contribution in [0.3, 0.4) is 0 Å². The van der Waals surface area contributed by atoms with Crippen LogP contribution in [0.5, 0.6) is 5.75 Å². The van der Waals surface area contributed by atoms with E-state index in [1.54, 1.807) is 6.92 Å². The first-order chi connectivity index (χ1) is 13.0. The Balaban J connectivity index is 1.44. The summed E-state index contributed by atoms with van der Waals surface area (Å²) in [4.78, 5) is 12.1. The van der Waals surface area contributed by atoms with Gasteiger partial charge < -0.3 is 15.2 Å². The fraction of sp³-hybridized carbons (Fsp3) is 0.261. The largest absolute Gasteiger partial charge is 0.484 e. The molecule has 4 heteroatoms. The molecule has 0 aliphatic rings. The molecule has 4 nitrogen and oxygen atoms in total. The number of fused-ring (bicyclic) bond motifs is 1. The summed E-state index contributed by atoms with van der Waals surface area (Å²) in [6, 6.07) is 23.7. The van der Waals surface area contributed by atoms with E-state index in [9.17, 15) is 9.90 Å². The van der Waals surface area contributed by atoms with Crippen molar-refractivity contribution in [2.24, 2.45) is 0 Å². The second-order valence-corrected chi connectivity index (χ2v) is 7.06. The number of carbonyl (C=O) groups is 1. The Labute approximate surface area is 159 Å². The van der Waals surface area contributed by atoms with Gasteiger partial charge in [-0.3, -0.25) is 4.79 Å². The Hall–Kier alpha value is -2.85. The lowest BCUT2D eigenvalue weighted by Crippen LogP contribution is -2.42. The molecule has 0 aliphatic carbocycles. The van der Waals surface area contributed by atoms with E-state index < -0.39 is 5.60 Å². The summed E-state index contributed by atoms with van der Waals surface area (Å²) in [5, 5.41) is 15.4. The lowest BCUT2D eigenvalue weighted by atomic mass is 9.97. The fourth-order valence-corrected chi connectivity index (χ4v) is 2.89. The Morgan fingerprint density at radius 3 is 2.48 bits per heavy atom. The third-order valence-corrected chi connectivity index (χ3v) is 4.55. The van der Waals surface area contributed by atoms with Crippen molar-refractivity contribution in [1.82, 2.24) is 5.32 Å². The highest BCUT2D eigenvalue weighted by atomic mass is 16.5. The van der Waals surface area contributed by atoms with Crippen molar-refractivity contribution in [3.63, 3.8) is 0 Å². The van der Waals surface area contributed by atoms with Crippen LogP contribution in [0.25, 0.3) is 10.8 Å². The van der Waals surface area contributed by atoms with Gasteiger partial charge in [0, 0.05) is 6.54 Å². The van der Waals surface area contributed by atoms with Crippen LogP contribution in [0.15, 0.2) is 72.8 Å². The molecule has 1 unspecified atom stereocenters. The molecule has 27 heavy (non-hydrogen) atoms. The van der Waals surface area contributed by atoms with Crippen molar-refractivity contribution in [1.29, 1.82) is 0 Å². The fourth-order valence-electron chi connectivity index (χ4n) is 2.89. The SMILES string of the molecule is CC(O)(CCc1ccccc1)CNC(=O)COc1ccc2ccccc2c1. The van der Waals surface area contributed by atoms with E-state index in [2.05, 4.69) is 5.32 Å². The zero-order valence-corrected chi connectivity index (χ0v) is 15.5. The van der Waals surface area contributed by atoms with Crippen LogP contribution in [0, 0.1) is 0 Å². The summed E-state index contributed by atoms with van der Waals surface area (Å²) in [6.45, 7) is 1.85. The van der Waals surface area contributed by atoms with Crippen molar-refractivity contribution < 1.29 is 14.6 Å². The second kappa shape index (κ2) is 8.69. The number of aliphatic hydroxyl groups is 1. The van der Waals surface area contributed by atoms with Crippen LogP contribution < -0.4 is 10.1 Å². The van der Waals surface area contributed by atoms with E-state index >= 15 is 0 Å². The smallest absolute Gasteiger partial charge is 0.258 e. The lowest BCUT2D eigenvalue weighted by Gasteiger charge is -2.23. The summed E-state index contributed by atoms with van der Waals surface area (Å²) < 4.78 is 5.58. The average Bonchev–Trinajstić information content (AvgIpc) is 2.70. The van der Waals surface area contributed by atoms with Gasteiger partial charge >= 0.3 is 0 Å². The summed E-state index contributed by atoms with van der Waals surface area (Å²) in [7, 11) is 0. The maximum atomic E-state index is 12.1. The van der Waals surface area contributed by atoms with Crippen molar-refractivity contribution in [2.75, 3.05) is 13.2 Å². The minimum absolute atomic E-state index is 0.0763. The predicted octanol–water partition coefficient (Wildman–Crippen LogP) is 3.72. The van der Waals surface area contributed by atoms with E-state index in [1.807, 2.05) is 72.8 Å². The molecule has 0 heterocycles. The summed E-state index contributed by atoms with van der Waals surface area (Å²) >= 11 is 0. The molecule has 1 atom stereocenters. The zero-order chi connectivity index (χ0) is 19.1. The number of hydrogen-bond donors (Lipinski definition) is 2. The van der Waals surface area contributed by atoms with Gasteiger partial charge in [-0.25, -0.2) is 0 Å². The zero-order valence-electron chi connectivity index (χ0n) is 15.5. The maximum absolute atomic E-state index is 12.1. The number of carbonyl (C=O) groups excluding carboxylic acids is 1. The number of aryl methyl sites for hydroxylation is 1. The number of rotatable bonds is 8. The van der Waals surface area contributed by atoms with Gasteiger partial charge in [-0.2, -0.15) is 0 Å².